The van der Waals surface area contributed by atoms with Gasteiger partial charge in [0.15, 0.2) is 5.54 Å². The molecule has 0 saturated carbocycles. The van der Waals surface area contributed by atoms with Crippen molar-refractivity contribution in [1.82, 2.24) is 5.32 Å². The summed E-state index contributed by atoms with van der Waals surface area (Å²) in [5.74, 6) is -0.860. The molecule has 1 unspecified atom stereocenters. The van der Waals surface area contributed by atoms with Gasteiger partial charge >= 0.3 is 0 Å². The van der Waals surface area contributed by atoms with Gasteiger partial charge in [0.2, 0.25) is 17.5 Å². The summed E-state index contributed by atoms with van der Waals surface area (Å²) in [4.78, 5) is 40.0. The van der Waals surface area contributed by atoms with Crippen LogP contribution in [0.15, 0.2) is 42.5 Å². The molecule has 3 rings (SSSR count). The Hall–Kier alpha value is -2.95. The summed E-state index contributed by atoms with van der Waals surface area (Å²) >= 11 is 0. The number of carbonyl (C=O) groups excluding carboxylic acids is 3. The van der Waals surface area contributed by atoms with E-state index in [0.29, 0.717) is 11.5 Å². The molecule has 5 heteroatoms. The Morgan fingerprint density at radius 2 is 1.65 bits per heavy atom. The Balaban J connectivity index is 1.96. The zero-order valence-corrected chi connectivity index (χ0v) is 18.7. The Morgan fingerprint density at radius 3 is 2.26 bits per heavy atom. The summed E-state index contributed by atoms with van der Waals surface area (Å²) < 4.78 is 0. The molecule has 1 aliphatic carbocycles. The van der Waals surface area contributed by atoms with Gasteiger partial charge in [0.1, 0.15) is 0 Å². The number of ketones is 2. The normalized spacial score (nSPS) is 17.8. The Kier molecular flexibility index (Phi) is 6.94. The van der Waals surface area contributed by atoms with Crippen LogP contribution in [0.1, 0.15) is 97.1 Å². The van der Waals surface area contributed by atoms with Gasteiger partial charge in [0, 0.05) is 17.7 Å². The van der Waals surface area contributed by atoms with Gasteiger partial charge in [0.25, 0.3) is 0 Å². The fourth-order valence-corrected chi connectivity index (χ4v) is 4.23. The van der Waals surface area contributed by atoms with E-state index in [-0.39, 0.29) is 29.1 Å². The third-order valence-electron chi connectivity index (χ3n) is 6.09. The molecule has 1 aliphatic rings. The minimum atomic E-state index is -1.76. The molecule has 3 N–H and O–H groups in total. The quantitative estimate of drug-likeness (QED) is 0.334. The van der Waals surface area contributed by atoms with Crippen molar-refractivity contribution >= 4 is 23.2 Å². The average Bonchev–Trinajstić information content (AvgIpc) is 2.97. The zero-order chi connectivity index (χ0) is 22.6. The number of unbranched alkanes of at least 4 members (excludes halogenated alkanes) is 4. The summed E-state index contributed by atoms with van der Waals surface area (Å²) in [6.07, 6.45) is 5.30. The topological polar surface area (TPSA) is 89.3 Å². The molecule has 1 amide bonds. The van der Waals surface area contributed by atoms with Crippen molar-refractivity contribution < 1.29 is 14.4 Å². The second-order valence-electron chi connectivity index (χ2n) is 8.67. The second kappa shape index (κ2) is 9.46. The van der Waals surface area contributed by atoms with Crippen LogP contribution >= 0.6 is 0 Å². The summed E-state index contributed by atoms with van der Waals surface area (Å²) in [6, 6.07) is 12.2. The lowest BCUT2D eigenvalue weighted by Crippen LogP contribution is -2.54. The maximum Gasteiger partial charge on any atom is 0.221 e. The minimum absolute atomic E-state index is 0.198. The van der Waals surface area contributed by atoms with Crippen LogP contribution < -0.4 is 11.1 Å². The molecule has 0 aromatic heterocycles. The molecule has 31 heavy (non-hydrogen) atoms. The molecule has 0 aliphatic heterocycles. The molecule has 0 spiro atoms. The fraction of sp³-hybridized carbons (Fsp3) is 0.423. The van der Waals surface area contributed by atoms with Crippen molar-refractivity contribution in [1.29, 1.82) is 0 Å². The number of nitrogens with one attached hydrogen (secondary N) is 1. The van der Waals surface area contributed by atoms with E-state index in [2.05, 4.69) is 26.1 Å². The first-order chi connectivity index (χ1) is 14.8. The van der Waals surface area contributed by atoms with E-state index in [1.807, 2.05) is 12.1 Å². The smallest absolute Gasteiger partial charge is 0.221 e. The molecule has 0 saturated heterocycles. The Bertz CT molecular complexity index is 979. The van der Waals surface area contributed by atoms with Crippen LogP contribution in [-0.2, 0) is 10.3 Å². The number of benzene rings is 2. The third-order valence-corrected chi connectivity index (χ3v) is 6.09. The molecular formula is C26H32N2O3. The molecule has 164 valence electrons. The van der Waals surface area contributed by atoms with E-state index in [4.69, 9.17) is 5.73 Å². The molecular weight excluding hydrogens is 388 g/mol. The van der Waals surface area contributed by atoms with Crippen molar-refractivity contribution in [2.24, 2.45) is 0 Å². The van der Waals surface area contributed by atoms with Crippen molar-refractivity contribution in [3.63, 3.8) is 0 Å². The van der Waals surface area contributed by atoms with Crippen LogP contribution in [0.4, 0.5) is 5.69 Å². The fourth-order valence-electron chi connectivity index (χ4n) is 4.23. The van der Waals surface area contributed by atoms with E-state index in [9.17, 15) is 14.4 Å². The van der Waals surface area contributed by atoms with Crippen LogP contribution in [-0.4, -0.2) is 17.5 Å². The lowest BCUT2D eigenvalue weighted by Gasteiger charge is -2.28. The van der Waals surface area contributed by atoms with E-state index < -0.39 is 17.1 Å². The standard InChI is InChI=1S/C26H32N2O3/c1-4-5-6-7-8-12-22(29)28-26(19-15-13-18(14-16-19)17(2)3)24(30)20-10-9-11-21(27)23(20)25(26)31/h9-11,13-17H,4-8,12,27H2,1-3H3,(H,28,29). The summed E-state index contributed by atoms with van der Waals surface area (Å²) in [5.41, 5.74) is 6.59. The molecule has 2 aromatic rings. The van der Waals surface area contributed by atoms with E-state index in [0.717, 1.165) is 37.7 Å². The second-order valence-corrected chi connectivity index (χ2v) is 8.67. The molecule has 2 aromatic carbocycles. The van der Waals surface area contributed by atoms with Crippen molar-refractivity contribution in [2.45, 2.75) is 70.8 Å². The lowest BCUT2D eigenvalue weighted by atomic mass is 9.83. The van der Waals surface area contributed by atoms with E-state index >= 15 is 0 Å². The summed E-state index contributed by atoms with van der Waals surface area (Å²) in [6.45, 7) is 6.29. The number of nitrogens with two attached hydrogens (primary N) is 1. The largest absolute Gasteiger partial charge is 0.398 e. The van der Waals surface area contributed by atoms with Crippen LogP contribution in [0.25, 0.3) is 0 Å². The van der Waals surface area contributed by atoms with Crippen LogP contribution in [0.2, 0.25) is 0 Å². The SMILES string of the molecule is CCCCCCCC(=O)NC1(c2ccc(C(C)C)cc2)C(=O)c2cccc(N)c2C1=O. The maximum absolute atomic E-state index is 13.6. The van der Waals surface area contributed by atoms with Crippen LogP contribution in [0, 0.1) is 0 Å². The third kappa shape index (κ3) is 4.27. The maximum atomic E-state index is 13.6. The highest BCUT2D eigenvalue weighted by Crippen LogP contribution is 2.40. The Morgan fingerprint density at radius 1 is 0.968 bits per heavy atom. The van der Waals surface area contributed by atoms with Gasteiger partial charge in [-0.15, -0.1) is 0 Å². The van der Waals surface area contributed by atoms with Gasteiger partial charge in [-0.05, 0) is 29.5 Å². The number of carbonyl (C=O) groups is 3. The number of anilines is 1. The van der Waals surface area contributed by atoms with E-state index in [1.54, 1.807) is 30.3 Å². The van der Waals surface area contributed by atoms with Crippen molar-refractivity contribution in [2.75, 3.05) is 5.73 Å². The molecule has 0 fully saturated rings. The number of hydrogen-bond donors (Lipinski definition) is 2. The first-order valence-corrected chi connectivity index (χ1v) is 11.2. The lowest BCUT2D eigenvalue weighted by molar-refractivity contribution is -0.122. The highest BCUT2D eigenvalue weighted by atomic mass is 16.2. The highest BCUT2D eigenvalue weighted by Gasteiger charge is 2.56. The van der Waals surface area contributed by atoms with Gasteiger partial charge in [-0.2, -0.15) is 0 Å². The molecule has 1 atom stereocenters. The zero-order valence-electron chi connectivity index (χ0n) is 18.7. The Labute approximate surface area is 184 Å². The van der Waals surface area contributed by atoms with Gasteiger partial charge in [0.05, 0.1) is 5.56 Å². The monoisotopic (exact) mass is 420 g/mol. The van der Waals surface area contributed by atoms with Gasteiger partial charge in [-0.25, -0.2) is 0 Å². The number of rotatable bonds is 9. The number of nitrogen functional groups attached to an aromatic ring is 1. The van der Waals surface area contributed by atoms with Gasteiger partial charge < -0.3 is 11.1 Å². The average molecular weight is 421 g/mol. The molecule has 5 nitrogen and oxygen atoms in total. The number of fused-ring (bicyclic) bond motifs is 1. The number of amides is 1. The van der Waals surface area contributed by atoms with Crippen molar-refractivity contribution in [3.05, 3.63) is 64.7 Å². The van der Waals surface area contributed by atoms with Crippen LogP contribution in [0.5, 0.6) is 0 Å². The minimum Gasteiger partial charge on any atom is -0.398 e. The van der Waals surface area contributed by atoms with Crippen LogP contribution in [0.3, 0.4) is 0 Å². The molecule has 0 heterocycles. The number of hydrogen-bond acceptors (Lipinski definition) is 4. The van der Waals surface area contributed by atoms with Gasteiger partial charge in [-0.1, -0.05) is 82.9 Å². The van der Waals surface area contributed by atoms with E-state index in [1.165, 1.54) is 0 Å². The first kappa shape index (κ1) is 22.7. The summed E-state index contributed by atoms with van der Waals surface area (Å²) in [7, 11) is 0. The van der Waals surface area contributed by atoms with Gasteiger partial charge in [-0.3, -0.25) is 14.4 Å². The summed E-state index contributed by atoms with van der Waals surface area (Å²) in [5, 5.41) is 2.83. The number of Topliss-reactive ketones (excluding diaryl/α,β-unsaturated/α-hetero) is 2. The highest BCUT2D eigenvalue weighted by molar-refractivity contribution is 6.35. The first-order valence-electron chi connectivity index (χ1n) is 11.2. The predicted octanol–water partition coefficient (Wildman–Crippen LogP) is 5.14. The molecule has 0 radical (unpaired) electrons. The molecule has 0 bridgehead atoms. The predicted molar refractivity (Wildman–Crippen MR) is 123 cm³/mol. The van der Waals surface area contributed by atoms with Crippen molar-refractivity contribution in [3.8, 4) is 0 Å².